The first-order valence-electron chi connectivity index (χ1n) is 17.3. The Hall–Kier alpha value is -6.88. The number of carbonyl (C=O) groups is 2. The largest absolute Gasteiger partial charge is 0.490 e. The van der Waals surface area contributed by atoms with Crippen LogP contribution in [-0.2, 0) is 0 Å². The number of aromatic carboxylic acids is 1. The fourth-order valence-corrected chi connectivity index (χ4v) is 4.92. The zero-order chi connectivity index (χ0) is 39.2. The summed E-state index contributed by atoms with van der Waals surface area (Å²) in [5.41, 5.74) is 2.55. The van der Waals surface area contributed by atoms with Crippen molar-refractivity contribution in [3.8, 4) is 68.7 Å². The number of rotatable bonds is 16. The molecule has 0 fully saturated rings. The SMILES string of the molecule is CCOc1ccc(-c2nc(-c3ccnc(C(=O)NCCO)c3)no2)cc1OCC.CCOc1ccc(-c2nc(-c3ccnc(C(=O)O)c3)no2)cc1OCC. The average molecular weight is 754 g/mol. The third-order valence-corrected chi connectivity index (χ3v) is 7.32. The molecule has 0 saturated heterocycles. The predicted molar refractivity (Wildman–Crippen MR) is 197 cm³/mol. The maximum absolute atomic E-state index is 12.0. The highest BCUT2D eigenvalue weighted by Gasteiger charge is 2.17. The molecule has 17 nitrogen and oxygen atoms in total. The first-order chi connectivity index (χ1) is 26.8. The van der Waals surface area contributed by atoms with E-state index in [-0.39, 0.29) is 36.3 Å². The minimum atomic E-state index is -1.12. The van der Waals surface area contributed by atoms with Gasteiger partial charge in [0.05, 0.1) is 33.0 Å². The maximum Gasteiger partial charge on any atom is 0.354 e. The number of aliphatic hydroxyl groups excluding tert-OH is 1. The van der Waals surface area contributed by atoms with E-state index >= 15 is 0 Å². The smallest absolute Gasteiger partial charge is 0.354 e. The Kier molecular flexibility index (Phi) is 13.8. The van der Waals surface area contributed by atoms with E-state index in [4.69, 9.17) is 38.2 Å². The lowest BCUT2D eigenvalue weighted by Crippen LogP contribution is -2.27. The molecule has 0 aliphatic carbocycles. The summed E-state index contributed by atoms with van der Waals surface area (Å²) in [6, 6.07) is 17.0. The van der Waals surface area contributed by atoms with Crippen molar-refractivity contribution in [3.63, 3.8) is 0 Å². The van der Waals surface area contributed by atoms with Crippen LogP contribution >= 0.6 is 0 Å². The molecule has 0 radical (unpaired) electrons. The molecule has 0 atom stereocenters. The fraction of sp³-hybridized carbons (Fsp3) is 0.263. The summed E-state index contributed by atoms with van der Waals surface area (Å²) in [5.74, 6) is 2.15. The Bertz CT molecular complexity index is 2200. The van der Waals surface area contributed by atoms with Crippen LogP contribution < -0.4 is 24.3 Å². The van der Waals surface area contributed by atoms with Crippen molar-refractivity contribution in [1.29, 1.82) is 0 Å². The van der Waals surface area contributed by atoms with Gasteiger partial charge in [0.15, 0.2) is 23.0 Å². The van der Waals surface area contributed by atoms with Crippen molar-refractivity contribution >= 4 is 11.9 Å². The van der Waals surface area contributed by atoms with Gasteiger partial charge in [-0.05, 0) is 88.4 Å². The van der Waals surface area contributed by atoms with E-state index < -0.39 is 11.9 Å². The molecular formula is C38H39N7O10. The molecule has 2 aromatic carbocycles. The number of amides is 1. The number of aromatic nitrogens is 6. The van der Waals surface area contributed by atoms with Crippen molar-refractivity contribution in [2.24, 2.45) is 0 Å². The number of nitrogens with one attached hydrogen (secondary N) is 1. The van der Waals surface area contributed by atoms with Gasteiger partial charge >= 0.3 is 5.97 Å². The van der Waals surface area contributed by atoms with Crippen LogP contribution in [0.5, 0.6) is 23.0 Å². The maximum atomic E-state index is 12.0. The molecule has 0 spiro atoms. The van der Waals surface area contributed by atoms with Gasteiger partial charge in [-0.2, -0.15) is 9.97 Å². The summed E-state index contributed by atoms with van der Waals surface area (Å²) in [5, 5.41) is 28.3. The summed E-state index contributed by atoms with van der Waals surface area (Å²) in [6.07, 6.45) is 2.88. The Labute approximate surface area is 315 Å². The van der Waals surface area contributed by atoms with E-state index in [1.807, 2.05) is 33.8 Å². The van der Waals surface area contributed by atoms with Gasteiger partial charge in [-0.15, -0.1) is 0 Å². The van der Waals surface area contributed by atoms with Crippen LogP contribution in [-0.4, -0.2) is 91.9 Å². The molecule has 0 unspecified atom stereocenters. The first kappa shape index (κ1) is 39.3. The van der Waals surface area contributed by atoms with Crippen LogP contribution in [0.1, 0.15) is 48.7 Å². The number of pyridine rings is 2. The number of aliphatic hydroxyl groups is 1. The molecule has 3 N–H and O–H groups in total. The minimum Gasteiger partial charge on any atom is -0.490 e. The molecule has 4 heterocycles. The number of carboxylic acids is 1. The number of benzene rings is 2. The molecule has 17 heteroatoms. The molecule has 4 aromatic heterocycles. The number of hydrogen-bond acceptors (Lipinski definition) is 15. The summed E-state index contributed by atoms with van der Waals surface area (Å²) < 4.78 is 33.0. The lowest BCUT2D eigenvalue weighted by molar-refractivity contribution is 0.0690. The molecule has 6 rings (SSSR count). The van der Waals surface area contributed by atoms with Gasteiger partial charge < -0.3 is 43.5 Å². The van der Waals surface area contributed by atoms with Crippen molar-refractivity contribution in [1.82, 2.24) is 35.6 Å². The minimum absolute atomic E-state index is 0.0893. The van der Waals surface area contributed by atoms with Gasteiger partial charge in [0.2, 0.25) is 11.6 Å². The lowest BCUT2D eigenvalue weighted by Gasteiger charge is -2.11. The van der Waals surface area contributed by atoms with E-state index in [2.05, 4.69) is 35.6 Å². The van der Waals surface area contributed by atoms with Crippen molar-refractivity contribution < 1.29 is 47.8 Å². The summed E-state index contributed by atoms with van der Waals surface area (Å²) in [6.45, 7) is 9.63. The Morgan fingerprint density at radius 3 is 1.53 bits per heavy atom. The zero-order valence-corrected chi connectivity index (χ0v) is 30.5. The summed E-state index contributed by atoms with van der Waals surface area (Å²) >= 11 is 0. The molecule has 6 aromatic rings. The van der Waals surface area contributed by atoms with Crippen LogP contribution in [0.3, 0.4) is 0 Å². The monoisotopic (exact) mass is 753 g/mol. The normalized spacial score (nSPS) is 10.6. The molecule has 0 aliphatic heterocycles. The second-order valence-corrected chi connectivity index (χ2v) is 11.0. The third-order valence-electron chi connectivity index (χ3n) is 7.32. The summed E-state index contributed by atoms with van der Waals surface area (Å²) in [7, 11) is 0. The number of nitrogens with zero attached hydrogens (tertiary/aromatic N) is 6. The zero-order valence-electron chi connectivity index (χ0n) is 30.5. The van der Waals surface area contributed by atoms with E-state index in [9.17, 15) is 9.59 Å². The van der Waals surface area contributed by atoms with Gasteiger partial charge in [0, 0.05) is 41.2 Å². The molecular weight excluding hydrogens is 714 g/mol. The number of carboxylic acid groups (broad SMARTS) is 1. The Morgan fingerprint density at radius 2 is 1.07 bits per heavy atom. The van der Waals surface area contributed by atoms with Gasteiger partial charge in [-0.1, -0.05) is 10.3 Å². The topological polar surface area (TPSA) is 227 Å². The van der Waals surface area contributed by atoms with E-state index in [1.165, 1.54) is 18.5 Å². The van der Waals surface area contributed by atoms with Crippen LogP contribution in [0, 0.1) is 0 Å². The van der Waals surface area contributed by atoms with Gasteiger partial charge in [-0.25, -0.2) is 9.78 Å². The van der Waals surface area contributed by atoms with Crippen molar-refractivity contribution in [3.05, 3.63) is 84.4 Å². The quantitative estimate of drug-likeness (QED) is 0.109. The van der Waals surface area contributed by atoms with Crippen molar-refractivity contribution in [2.45, 2.75) is 27.7 Å². The summed E-state index contributed by atoms with van der Waals surface area (Å²) in [4.78, 5) is 39.6. The van der Waals surface area contributed by atoms with E-state index in [0.717, 1.165) is 0 Å². The van der Waals surface area contributed by atoms with Crippen LogP contribution in [0.2, 0.25) is 0 Å². The first-order valence-corrected chi connectivity index (χ1v) is 17.3. The Morgan fingerprint density at radius 1 is 0.618 bits per heavy atom. The number of hydrogen-bond donors (Lipinski definition) is 3. The fourth-order valence-electron chi connectivity index (χ4n) is 4.92. The predicted octanol–water partition coefficient (Wildman–Crippen LogP) is 5.61. The average Bonchev–Trinajstić information content (AvgIpc) is 3.91. The van der Waals surface area contributed by atoms with Crippen LogP contribution in [0.25, 0.3) is 45.7 Å². The standard InChI is InChI=1S/C20H22N4O5.C18H17N3O5/c1-3-27-16-6-5-14(12-17(16)28-4-2)20-23-18(24-29-20)13-7-8-21-15(11-13)19(26)22-9-10-25;1-3-24-14-6-5-12(10-15(14)25-4-2)17-20-16(21-26-17)11-7-8-19-13(9-11)18(22)23/h5-8,11-12,25H,3-4,9-10H2,1-2H3,(H,22,26);5-10H,3-4H2,1-2H3,(H,22,23). The highest BCUT2D eigenvalue weighted by molar-refractivity contribution is 5.93. The van der Waals surface area contributed by atoms with Gasteiger partial charge in [0.1, 0.15) is 11.4 Å². The molecule has 0 aliphatic rings. The molecule has 0 bridgehead atoms. The van der Waals surface area contributed by atoms with Gasteiger partial charge in [-0.3, -0.25) is 9.78 Å². The second-order valence-electron chi connectivity index (χ2n) is 11.0. The van der Waals surface area contributed by atoms with Crippen molar-refractivity contribution in [2.75, 3.05) is 39.6 Å². The number of carbonyl (C=O) groups excluding carboxylic acids is 1. The molecule has 0 saturated carbocycles. The molecule has 1 amide bonds. The Balaban J connectivity index is 0.000000212. The van der Waals surface area contributed by atoms with E-state index in [0.29, 0.717) is 83.4 Å². The van der Waals surface area contributed by atoms with E-state index in [1.54, 1.807) is 48.5 Å². The highest BCUT2D eigenvalue weighted by atomic mass is 16.5. The third kappa shape index (κ3) is 10.2. The second kappa shape index (κ2) is 19.3. The lowest BCUT2D eigenvalue weighted by atomic mass is 10.2. The molecule has 286 valence electrons. The molecule has 55 heavy (non-hydrogen) atoms. The van der Waals surface area contributed by atoms with Crippen LogP contribution in [0.15, 0.2) is 82.1 Å². The highest BCUT2D eigenvalue weighted by Crippen LogP contribution is 2.34. The number of ether oxygens (including phenoxy) is 4. The van der Waals surface area contributed by atoms with Gasteiger partial charge in [0.25, 0.3) is 17.7 Å². The van der Waals surface area contributed by atoms with Crippen LogP contribution in [0.4, 0.5) is 0 Å².